The maximum Gasteiger partial charge on any atom is 0.0794 e. The lowest BCUT2D eigenvalue weighted by molar-refractivity contribution is 0.117. The molecule has 0 bridgehead atoms. The van der Waals surface area contributed by atoms with Crippen molar-refractivity contribution >= 4 is 11.3 Å². The van der Waals surface area contributed by atoms with Gasteiger partial charge in [0.15, 0.2) is 0 Å². The Balaban J connectivity index is 2.04. The first-order chi connectivity index (χ1) is 8.50. The van der Waals surface area contributed by atoms with Crippen molar-refractivity contribution in [2.75, 3.05) is 7.05 Å². The molecule has 2 rings (SSSR count). The second-order valence-corrected chi connectivity index (χ2v) is 7.67. The first-order valence-corrected chi connectivity index (χ1v) is 7.93. The summed E-state index contributed by atoms with van der Waals surface area (Å²) >= 11 is 1.80. The molecule has 1 aliphatic rings. The average molecular weight is 266 g/mol. The molecule has 3 atom stereocenters. The van der Waals surface area contributed by atoms with Crippen LogP contribution < -0.4 is 5.32 Å². The highest BCUT2D eigenvalue weighted by Gasteiger charge is 2.35. The van der Waals surface area contributed by atoms with E-state index in [4.69, 9.17) is 0 Å². The molecule has 0 saturated heterocycles. The summed E-state index contributed by atoms with van der Waals surface area (Å²) in [7, 11) is 2.11. The van der Waals surface area contributed by atoms with Crippen molar-refractivity contribution in [1.29, 1.82) is 0 Å². The van der Waals surface area contributed by atoms with Gasteiger partial charge in [-0.3, -0.25) is 4.98 Å². The smallest absolute Gasteiger partial charge is 0.0794 e. The minimum atomic E-state index is 0.449. The summed E-state index contributed by atoms with van der Waals surface area (Å²) in [5, 5.41) is 3.52. The van der Waals surface area contributed by atoms with Gasteiger partial charge in [0.05, 0.1) is 5.51 Å². The molecule has 102 valence electrons. The molecule has 1 aromatic heterocycles. The molecular weight excluding hydrogens is 240 g/mol. The number of nitrogens with one attached hydrogen (secondary N) is 1. The number of aromatic nitrogens is 1. The van der Waals surface area contributed by atoms with E-state index in [1.54, 1.807) is 11.3 Å². The molecule has 1 aliphatic carbocycles. The van der Waals surface area contributed by atoms with Crippen LogP contribution in [-0.2, 0) is 6.42 Å². The van der Waals surface area contributed by atoms with Gasteiger partial charge in [-0.2, -0.15) is 0 Å². The van der Waals surface area contributed by atoms with E-state index in [0.717, 1.165) is 11.8 Å². The van der Waals surface area contributed by atoms with Crippen LogP contribution in [0.2, 0.25) is 0 Å². The van der Waals surface area contributed by atoms with E-state index in [-0.39, 0.29) is 0 Å². The Morgan fingerprint density at radius 3 is 2.72 bits per heavy atom. The van der Waals surface area contributed by atoms with E-state index in [0.29, 0.717) is 11.5 Å². The molecule has 3 unspecified atom stereocenters. The normalized spacial score (nSPS) is 29.4. The van der Waals surface area contributed by atoms with Crippen molar-refractivity contribution in [2.45, 2.75) is 52.5 Å². The van der Waals surface area contributed by atoms with Gasteiger partial charge in [-0.15, -0.1) is 11.3 Å². The zero-order valence-corrected chi connectivity index (χ0v) is 12.9. The quantitative estimate of drug-likeness (QED) is 0.901. The topological polar surface area (TPSA) is 24.9 Å². The van der Waals surface area contributed by atoms with Crippen molar-refractivity contribution in [3.63, 3.8) is 0 Å². The van der Waals surface area contributed by atoms with E-state index in [9.17, 15) is 0 Å². The molecule has 1 fully saturated rings. The van der Waals surface area contributed by atoms with Crippen LogP contribution in [0.25, 0.3) is 0 Å². The van der Waals surface area contributed by atoms with Crippen molar-refractivity contribution in [2.24, 2.45) is 17.3 Å². The molecule has 3 heteroatoms. The van der Waals surface area contributed by atoms with Crippen LogP contribution in [-0.4, -0.2) is 18.1 Å². The lowest BCUT2D eigenvalue weighted by Crippen LogP contribution is -2.42. The molecule has 0 spiro atoms. The molecule has 0 aliphatic heterocycles. The minimum absolute atomic E-state index is 0.449. The predicted molar refractivity (Wildman–Crippen MR) is 79.0 cm³/mol. The van der Waals surface area contributed by atoms with E-state index in [1.165, 1.54) is 30.6 Å². The fraction of sp³-hybridized carbons (Fsp3) is 0.800. The summed E-state index contributed by atoms with van der Waals surface area (Å²) in [6.45, 7) is 7.17. The monoisotopic (exact) mass is 266 g/mol. The van der Waals surface area contributed by atoms with Gasteiger partial charge in [0, 0.05) is 17.1 Å². The van der Waals surface area contributed by atoms with E-state index >= 15 is 0 Å². The zero-order chi connectivity index (χ0) is 13.2. The first kappa shape index (κ1) is 14.0. The molecule has 1 heterocycles. The van der Waals surface area contributed by atoms with Crippen molar-refractivity contribution in [1.82, 2.24) is 10.3 Å². The van der Waals surface area contributed by atoms with Crippen LogP contribution in [0.4, 0.5) is 0 Å². The summed E-state index contributed by atoms with van der Waals surface area (Å²) in [4.78, 5) is 5.64. The van der Waals surface area contributed by atoms with Gasteiger partial charge in [0.25, 0.3) is 0 Å². The molecule has 0 radical (unpaired) electrons. The molecule has 18 heavy (non-hydrogen) atoms. The highest BCUT2D eigenvalue weighted by Crippen LogP contribution is 2.41. The predicted octanol–water partition coefficient (Wildman–Crippen LogP) is 3.74. The fourth-order valence-electron chi connectivity index (χ4n) is 3.26. The van der Waals surface area contributed by atoms with Crippen molar-refractivity contribution in [3.05, 3.63) is 16.6 Å². The third-order valence-corrected chi connectivity index (χ3v) is 5.33. The van der Waals surface area contributed by atoms with Gasteiger partial charge in [0.2, 0.25) is 0 Å². The Labute approximate surface area is 115 Å². The minimum Gasteiger partial charge on any atom is -0.317 e. The van der Waals surface area contributed by atoms with Gasteiger partial charge in [0.1, 0.15) is 0 Å². The highest BCUT2D eigenvalue weighted by molar-refractivity contribution is 7.09. The van der Waals surface area contributed by atoms with Crippen molar-refractivity contribution < 1.29 is 0 Å². The summed E-state index contributed by atoms with van der Waals surface area (Å²) in [5.41, 5.74) is 2.40. The number of thiazole rings is 1. The van der Waals surface area contributed by atoms with Crippen LogP contribution in [0.15, 0.2) is 11.7 Å². The van der Waals surface area contributed by atoms with E-state index < -0.39 is 0 Å². The summed E-state index contributed by atoms with van der Waals surface area (Å²) in [6.07, 6.45) is 7.28. The molecule has 1 aromatic rings. The summed E-state index contributed by atoms with van der Waals surface area (Å²) < 4.78 is 0. The highest BCUT2D eigenvalue weighted by atomic mass is 32.1. The maximum absolute atomic E-state index is 4.20. The van der Waals surface area contributed by atoms with Crippen LogP contribution in [0.5, 0.6) is 0 Å². The maximum atomic E-state index is 4.20. The van der Waals surface area contributed by atoms with Crippen LogP contribution >= 0.6 is 11.3 Å². The molecule has 1 saturated carbocycles. The third kappa shape index (κ3) is 3.33. The Kier molecular flexibility index (Phi) is 4.44. The second kappa shape index (κ2) is 5.70. The second-order valence-electron chi connectivity index (χ2n) is 6.70. The van der Waals surface area contributed by atoms with Crippen molar-refractivity contribution in [3.8, 4) is 0 Å². The third-order valence-electron chi connectivity index (χ3n) is 4.52. The summed E-state index contributed by atoms with van der Waals surface area (Å²) in [5.74, 6) is 1.63. The lowest BCUT2D eigenvalue weighted by atomic mass is 9.67. The van der Waals surface area contributed by atoms with E-state index in [1.807, 2.05) is 11.7 Å². The Bertz CT molecular complexity index is 353. The molecular formula is C15H26N2S. The number of rotatable bonds is 3. The van der Waals surface area contributed by atoms with E-state index in [2.05, 4.69) is 38.1 Å². The number of hydrogen-bond acceptors (Lipinski definition) is 3. The standard InChI is InChI=1S/C15H26N2S/c1-15(2,3)12-5-6-14(16-4)11(7-12)8-13-9-17-10-18-13/h9-12,14,16H,5-8H2,1-4H3. The molecule has 1 N–H and O–H groups in total. The SMILES string of the molecule is CNC1CCC(C(C)(C)C)CC1Cc1cncs1. The average Bonchev–Trinajstić information content (AvgIpc) is 2.80. The number of hydrogen-bond donors (Lipinski definition) is 1. The zero-order valence-electron chi connectivity index (χ0n) is 12.1. The lowest BCUT2D eigenvalue weighted by Gasteiger charge is -2.41. The van der Waals surface area contributed by atoms with Gasteiger partial charge >= 0.3 is 0 Å². The first-order valence-electron chi connectivity index (χ1n) is 7.05. The van der Waals surface area contributed by atoms with Gasteiger partial charge < -0.3 is 5.32 Å². The Hall–Kier alpha value is -0.410. The molecule has 0 aromatic carbocycles. The van der Waals surface area contributed by atoms with Crippen LogP contribution in [0.1, 0.15) is 44.9 Å². The number of nitrogens with zero attached hydrogens (tertiary/aromatic N) is 1. The van der Waals surface area contributed by atoms with Gasteiger partial charge in [-0.1, -0.05) is 20.8 Å². The largest absolute Gasteiger partial charge is 0.317 e. The summed E-state index contributed by atoms with van der Waals surface area (Å²) in [6, 6.07) is 0.686. The molecule has 2 nitrogen and oxygen atoms in total. The van der Waals surface area contributed by atoms with Gasteiger partial charge in [-0.25, -0.2) is 0 Å². The fourth-order valence-corrected chi connectivity index (χ4v) is 3.95. The Morgan fingerprint density at radius 2 is 2.17 bits per heavy atom. The van der Waals surface area contributed by atoms with Crippen LogP contribution in [0.3, 0.4) is 0 Å². The van der Waals surface area contributed by atoms with Gasteiger partial charge in [-0.05, 0) is 50.0 Å². The van der Waals surface area contributed by atoms with Crippen LogP contribution in [0, 0.1) is 17.3 Å². The molecule has 0 amide bonds. The Morgan fingerprint density at radius 1 is 1.39 bits per heavy atom.